The maximum Gasteiger partial charge on any atom is 0.490 e. The van der Waals surface area contributed by atoms with E-state index < -0.39 is 12.1 Å². The lowest BCUT2D eigenvalue weighted by atomic mass is 10.1. The molecule has 4 rings (SSSR count). The van der Waals surface area contributed by atoms with Crippen molar-refractivity contribution in [3.8, 4) is 0 Å². The molecular formula is C21H22F3N5O3. The topological polar surface area (TPSA) is 91.6 Å². The van der Waals surface area contributed by atoms with Gasteiger partial charge in [-0.1, -0.05) is 24.3 Å². The maximum atomic E-state index is 12.9. The first kappa shape index (κ1) is 23.2. The number of amides is 1. The van der Waals surface area contributed by atoms with Gasteiger partial charge in [0.2, 0.25) is 0 Å². The zero-order valence-electron chi connectivity index (χ0n) is 17.3. The van der Waals surface area contributed by atoms with Crippen molar-refractivity contribution in [2.24, 2.45) is 7.05 Å². The van der Waals surface area contributed by atoms with Crippen LogP contribution in [-0.2, 0) is 18.4 Å². The molecule has 0 radical (unpaired) electrons. The van der Waals surface area contributed by atoms with E-state index in [1.165, 1.54) is 0 Å². The highest BCUT2D eigenvalue weighted by Crippen LogP contribution is 2.19. The molecule has 1 aliphatic rings. The Morgan fingerprint density at radius 2 is 1.69 bits per heavy atom. The van der Waals surface area contributed by atoms with Gasteiger partial charge < -0.3 is 14.6 Å². The molecule has 3 aromatic rings. The van der Waals surface area contributed by atoms with Gasteiger partial charge in [0.05, 0.1) is 6.54 Å². The Balaban J connectivity index is 0.000000360. The standard InChI is InChI=1S/C19H21N5O.C2HF3O2/c1-22-9-8-20-17(22)14-23-10-12-24(13-11-23)19(25)18-16-5-3-2-4-15(16)6-7-21-18;3-2(4,5)1(6)7/h2-9H,10-14H2,1H3;(H,6,7). The Hall–Kier alpha value is -3.47. The normalized spacial score (nSPS) is 14.7. The molecule has 32 heavy (non-hydrogen) atoms. The van der Waals surface area contributed by atoms with E-state index in [4.69, 9.17) is 9.90 Å². The van der Waals surface area contributed by atoms with E-state index >= 15 is 0 Å². The molecule has 0 spiro atoms. The van der Waals surface area contributed by atoms with Gasteiger partial charge in [0.15, 0.2) is 0 Å². The van der Waals surface area contributed by atoms with E-state index in [1.807, 2.05) is 59.2 Å². The average molecular weight is 449 g/mol. The van der Waals surface area contributed by atoms with Crippen LogP contribution < -0.4 is 0 Å². The van der Waals surface area contributed by atoms with Crippen molar-refractivity contribution in [1.82, 2.24) is 24.3 Å². The fourth-order valence-electron chi connectivity index (χ4n) is 3.30. The summed E-state index contributed by atoms with van der Waals surface area (Å²) in [6.07, 6.45) is 0.412. The number of carboxylic acids is 1. The second kappa shape index (κ2) is 9.77. The lowest BCUT2D eigenvalue weighted by molar-refractivity contribution is -0.192. The molecule has 1 aromatic carbocycles. The van der Waals surface area contributed by atoms with Gasteiger partial charge in [0.25, 0.3) is 5.91 Å². The number of aryl methyl sites for hydroxylation is 1. The zero-order chi connectivity index (χ0) is 23.3. The first-order valence-corrected chi connectivity index (χ1v) is 9.78. The van der Waals surface area contributed by atoms with Crippen LogP contribution in [0.3, 0.4) is 0 Å². The number of hydrogen-bond donors (Lipinski definition) is 1. The van der Waals surface area contributed by atoms with Crippen molar-refractivity contribution in [2.75, 3.05) is 26.2 Å². The molecule has 1 saturated heterocycles. The number of hydrogen-bond acceptors (Lipinski definition) is 5. The lowest BCUT2D eigenvalue weighted by Crippen LogP contribution is -2.48. The van der Waals surface area contributed by atoms with E-state index in [0.29, 0.717) is 18.8 Å². The Labute approximate surface area is 181 Å². The van der Waals surface area contributed by atoms with Crippen LogP contribution in [-0.4, -0.2) is 73.7 Å². The minimum absolute atomic E-state index is 0.0217. The predicted molar refractivity (Wildman–Crippen MR) is 110 cm³/mol. The molecule has 1 fully saturated rings. The first-order chi connectivity index (χ1) is 15.2. The van der Waals surface area contributed by atoms with Gasteiger partial charge in [-0.25, -0.2) is 9.78 Å². The molecule has 0 atom stereocenters. The van der Waals surface area contributed by atoms with Gasteiger partial charge in [-0.3, -0.25) is 14.7 Å². The highest BCUT2D eigenvalue weighted by molar-refractivity contribution is 6.05. The summed E-state index contributed by atoms with van der Waals surface area (Å²) in [7, 11) is 2.01. The van der Waals surface area contributed by atoms with Crippen molar-refractivity contribution in [3.05, 3.63) is 60.4 Å². The molecule has 1 N–H and O–H groups in total. The van der Waals surface area contributed by atoms with Crippen molar-refractivity contribution in [3.63, 3.8) is 0 Å². The molecule has 170 valence electrons. The van der Waals surface area contributed by atoms with Crippen LogP contribution in [0.2, 0.25) is 0 Å². The van der Waals surface area contributed by atoms with Gasteiger partial charge in [-0.2, -0.15) is 13.2 Å². The number of carboxylic acid groups (broad SMARTS) is 1. The molecule has 2 aromatic heterocycles. The maximum absolute atomic E-state index is 12.9. The number of alkyl halides is 3. The van der Waals surface area contributed by atoms with E-state index in [-0.39, 0.29) is 5.91 Å². The lowest BCUT2D eigenvalue weighted by Gasteiger charge is -2.34. The van der Waals surface area contributed by atoms with Crippen LogP contribution in [0.5, 0.6) is 0 Å². The van der Waals surface area contributed by atoms with Crippen LogP contribution in [0.25, 0.3) is 10.8 Å². The summed E-state index contributed by atoms with van der Waals surface area (Å²) in [5, 5.41) is 9.10. The number of pyridine rings is 1. The molecular weight excluding hydrogens is 427 g/mol. The number of carbonyl (C=O) groups is 2. The Morgan fingerprint density at radius 3 is 2.28 bits per heavy atom. The molecule has 0 saturated carbocycles. The summed E-state index contributed by atoms with van der Waals surface area (Å²) in [4.78, 5) is 34.8. The summed E-state index contributed by atoms with van der Waals surface area (Å²) >= 11 is 0. The molecule has 0 aliphatic carbocycles. The number of nitrogens with zero attached hydrogens (tertiary/aromatic N) is 5. The SMILES string of the molecule is Cn1ccnc1CN1CCN(C(=O)c2nccc3ccccc23)CC1.O=C(O)C(F)(F)F. The number of benzene rings is 1. The summed E-state index contributed by atoms with van der Waals surface area (Å²) in [6, 6.07) is 9.85. The highest BCUT2D eigenvalue weighted by atomic mass is 19.4. The number of rotatable bonds is 3. The van der Waals surface area contributed by atoms with Crippen molar-refractivity contribution < 1.29 is 27.9 Å². The van der Waals surface area contributed by atoms with Crippen molar-refractivity contribution in [2.45, 2.75) is 12.7 Å². The third-order valence-electron chi connectivity index (χ3n) is 5.06. The summed E-state index contributed by atoms with van der Waals surface area (Å²) < 4.78 is 33.8. The monoisotopic (exact) mass is 449 g/mol. The molecule has 3 heterocycles. The minimum atomic E-state index is -5.08. The second-order valence-electron chi connectivity index (χ2n) is 7.21. The Bertz CT molecular complexity index is 1090. The molecule has 1 amide bonds. The number of aliphatic carboxylic acids is 1. The highest BCUT2D eigenvalue weighted by Gasteiger charge is 2.38. The van der Waals surface area contributed by atoms with Crippen LogP contribution >= 0.6 is 0 Å². The van der Waals surface area contributed by atoms with E-state index in [2.05, 4.69) is 14.9 Å². The smallest absolute Gasteiger partial charge is 0.475 e. The third kappa shape index (κ3) is 5.61. The second-order valence-corrected chi connectivity index (χ2v) is 7.21. The van der Waals surface area contributed by atoms with Gasteiger partial charge in [0, 0.05) is 57.2 Å². The van der Waals surface area contributed by atoms with Crippen LogP contribution in [0.1, 0.15) is 16.3 Å². The number of fused-ring (bicyclic) bond motifs is 1. The number of imidazole rings is 1. The Kier molecular flexibility index (Phi) is 7.08. The summed E-state index contributed by atoms with van der Waals surface area (Å²) in [6.45, 7) is 3.95. The summed E-state index contributed by atoms with van der Waals surface area (Å²) in [5.41, 5.74) is 0.552. The zero-order valence-corrected chi connectivity index (χ0v) is 17.3. The van der Waals surface area contributed by atoms with Crippen LogP contribution in [0.4, 0.5) is 13.2 Å². The Morgan fingerprint density at radius 1 is 1.03 bits per heavy atom. The van der Waals surface area contributed by atoms with Gasteiger partial charge in [-0.15, -0.1) is 0 Å². The van der Waals surface area contributed by atoms with E-state index in [0.717, 1.165) is 36.2 Å². The number of carbonyl (C=O) groups excluding carboxylic acids is 1. The molecule has 1 aliphatic heterocycles. The molecule has 0 unspecified atom stereocenters. The first-order valence-electron chi connectivity index (χ1n) is 9.78. The fraction of sp³-hybridized carbons (Fsp3) is 0.333. The van der Waals surface area contributed by atoms with Crippen LogP contribution in [0.15, 0.2) is 48.9 Å². The predicted octanol–water partition coefficient (Wildman–Crippen LogP) is 2.56. The minimum Gasteiger partial charge on any atom is -0.475 e. The summed E-state index contributed by atoms with van der Waals surface area (Å²) in [5.74, 6) is -1.68. The van der Waals surface area contributed by atoms with Crippen molar-refractivity contribution >= 4 is 22.6 Å². The number of aromatic nitrogens is 3. The molecule has 0 bridgehead atoms. The van der Waals surface area contributed by atoms with Crippen molar-refractivity contribution in [1.29, 1.82) is 0 Å². The molecule has 11 heteroatoms. The van der Waals surface area contributed by atoms with E-state index in [9.17, 15) is 18.0 Å². The van der Waals surface area contributed by atoms with Crippen LogP contribution in [0, 0.1) is 0 Å². The third-order valence-corrected chi connectivity index (χ3v) is 5.06. The van der Waals surface area contributed by atoms with Gasteiger partial charge in [0.1, 0.15) is 11.5 Å². The molecule has 8 nitrogen and oxygen atoms in total. The van der Waals surface area contributed by atoms with E-state index in [1.54, 1.807) is 6.20 Å². The van der Waals surface area contributed by atoms with Gasteiger partial charge in [-0.05, 0) is 11.5 Å². The number of halogens is 3. The quantitative estimate of drug-likeness (QED) is 0.661. The largest absolute Gasteiger partial charge is 0.490 e. The fourth-order valence-corrected chi connectivity index (χ4v) is 3.30. The average Bonchev–Trinajstić information content (AvgIpc) is 3.17. The number of piperazine rings is 1. The van der Waals surface area contributed by atoms with Gasteiger partial charge >= 0.3 is 12.1 Å².